The summed E-state index contributed by atoms with van der Waals surface area (Å²) in [6.07, 6.45) is 4.74. The quantitative estimate of drug-likeness (QED) is 0.912. The number of rotatable bonds is 2. The number of likely N-dealkylation sites (tertiary alicyclic amines) is 1. The molecule has 5 heteroatoms. The van der Waals surface area contributed by atoms with Crippen molar-refractivity contribution in [2.24, 2.45) is 5.41 Å². The van der Waals surface area contributed by atoms with Gasteiger partial charge in [-0.25, -0.2) is 0 Å². The lowest BCUT2D eigenvalue weighted by molar-refractivity contribution is 0.0729. The number of phenols is 1. The molecule has 20 heavy (non-hydrogen) atoms. The molecule has 0 unspecified atom stereocenters. The van der Waals surface area contributed by atoms with Gasteiger partial charge in [-0.1, -0.05) is 18.0 Å². The summed E-state index contributed by atoms with van der Waals surface area (Å²) >= 11 is 6.12. The van der Waals surface area contributed by atoms with E-state index in [4.69, 9.17) is 16.3 Å². The first kappa shape index (κ1) is 13.6. The van der Waals surface area contributed by atoms with Crippen molar-refractivity contribution in [3.63, 3.8) is 0 Å². The molecule has 1 N–H and O–H groups in total. The molecule has 0 radical (unpaired) electrons. The zero-order valence-electron chi connectivity index (χ0n) is 11.5. The Morgan fingerprint density at radius 3 is 2.65 bits per heavy atom. The number of methoxy groups -OCH3 is 1. The summed E-state index contributed by atoms with van der Waals surface area (Å²) in [5.74, 6) is 0.147. The molecule has 1 aliphatic heterocycles. The molecular weight excluding hydrogens is 278 g/mol. The van der Waals surface area contributed by atoms with Crippen molar-refractivity contribution in [3.8, 4) is 11.5 Å². The van der Waals surface area contributed by atoms with Crippen molar-refractivity contribution < 1.29 is 14.6 Å². The van der Waals surface area contributed by atoms with Gasteiger partial charge in [-0.15, -0.1) is 0 Å². The molecule has 1 saturated heterocycles. The number of aromatic hydroxyl groups is 1. The van der Waals surface area contributed by atoms with Gasteiger partial charge in [0.2, 0.25) is 0 Å². The van der Waals surface area contributed by atoms with Gasteiger partial charge in [0, 0.05) is 19.2 Å². The first-order valence-corrected chi connectivity index (χ1v) is 7.28. The fourth-order valence-corrected chi connectivity index (χ4v) is 3.53. The Bertz CT molecular complexity index is 531. The molecule has 3 rings (SSSR count). The monoisotopic (exact) mass is 295 g/mol. The minimum absolute atomic E-state index is 0.117. The van der Waals surface area contributed by atoms with Crippen LogP contribution >= 0.6 is 11.6 Å². The van der Waals surface area contributed by atoms with Crippen LogP contribution in [-0.2, 0) is 0 Å². The number of carbonyl (C=O) groups is 1. The van der Waals surface area contributed by atoms with E-state index in [1.165, 1.54) is 32.4 Å². The Kier molecular flexibility index (Phi) is 3.28. The first-order valence-electron chi connectivity index (χ1n) is 6.90. The molecule has 2 aliphatic rings. The molecule has 0 aromatic heterocycles. The second kappa shape index (κ2) is 4.85. The number of amides is 1. The number of nitrogens with zero attached hydrogens (tertiary/aromatic N) is 1. The Morgan fingerprint density at radius 1 is 1.40 bits per heavy atom. The average molecular weight is 296 g/mol. The highest BCUT2D eigenvalue weighted by atomic mass is 35.5. The summed E-state index contributed by atoms with van der Waals surface area (Å²) in [5, 5.41) is 10.3. The molecule has 4 nitrogen and oxygen atoms in total. The van der Waals surface area contributed by atoms with Gasteiger partial charge in [-0.2, -0.15) is 0 Å². The van der Waals surface area contributed by atoms with Crippen LogP contribution in [-0.4, -0.2) is 36.1 Å². The highest BCUT2D eigenvalue weighted by molar-refractivity contribution is 6.34. The molecule has 1 spiro atoms. The highest BCUT2D eigenvalue weighted by Gasteiger charge is 2.44. The van der Waals surface area contributed by atoms with Crippen LogP contribution in [0.5, 0.6) is 11.5 Å². The lowest BCUT2D eigenvalue weighted by atomic mass is 9.68. The smallest absolute Gasteiger partial charge is 0.259 e. The predicted molar refractivity (Wildman–Crippen MR) is 76.5 cm³/mol. The maximum atomic E-state index is 12.6. The van der Waals surface area contributed by atoms with E-state index in [1.54, 1.807) is 6.07 Å². The fourth-order valence-electron chi connectivity index (χ4n) is 3.25. The van der Waals surface area contributed by atoms with E-state index < -0.39 is 0 Å². The van der Waals surface area contributed by atoms with Crippen molar-refractivity contribution in [2.75, 3.05) is 20.2 Å². The summed E-state index contributed by atoms with van der Waals surface area (Å²) in [7, 11) is 1.49. The molecule has 0 atom stereocenters. The molecule has 1 amide bonds. The predicted octanol–water partition coefficient (Wildman–Crippen LogP) is 3.07. The number of ether oxygens (including phenoxy) is 1. The topological polar surface area (TPSA) is 49.8 Å². The van der Waals surface area contributed by atoms with E-state index in [9.17, 15) is 9.90 Å². The molecule has 1 aromatic carbocycles. The van der Waals surface area contributed by atoms with Gasteiger partial charge in [0.15, 0.2) is 0 Å². The second-order valence-electron chi connectivity index (χ2n) is 5.83. The zero-order valence-corrected chi connectivity index (χ0v) is 12.2. The summed E-state index contributed by atoms with van der Waals surface area (Å²) in [6, 6.07) is 2.98. The van der Waals surface area contributed by atoms with Gasteiger partial charge < -0.3 is 14.7 Å². The average Bonchev–Trinajstić information content (AvgIpc) is 2.82. The van der Waals surface area contributed by atoms with E-state index in [0.717, 1.165) is 19.5 Å². The van der Waals surface area contributed by atoms with Gasteiger partial charge in [-0.3, -0.25) is 4.79 Å². The van der Waals surface area contributed by atoms with E-state index in [-0.39, 0.29) is 22.2 Å². The third kappa shape index (κ3) is 2.12. The molecule has 108 valence electrons. The molecule has 1 heterocycles. The Labute approximate surface area is 123 Å². The molecule has 0 bridgehead atoms. The molecule has 1 aromatic rings. The number of carbonyl (C=O) groups excluding carboxylic acids is 1. The third-order valence-corrected chi connectivity index (χ3v) is 4.93. The minimum Gasteiger partial charge on any atom is -0.507 e. The second-order valence-corrected chi connectivity index (χ2v) is 6.24. The summed E-state index contributed by atoms with van der Waals surface area (Å²) in [4.78, 5) is 14.4. The maximum absolute atomic E-state index is 12.6. The van der Waals surface area contributed by atoms with Gasteiger partial charge >= 0.3 is 0 Å². The normalized spacial score (nSPS) is 20.0. The van der Waals surface area contributed by atoms with Gasteiger partial charge in [0.1, 0.15) is 17.1 Å². The van der Waals surface area contributed by atoms with Crippen LogP contribution in [0.4, 0.5) is 0 Å². The zero-order chi connectivity index (χ0) is 14.3. The lowest BCUT2D eigenvalue weighted by Crippen LogP contribution is -2.35. The van der Waals surface area contributed by atoms with E-state index >= 15 is 0 Å². The van der Waals surface area contributed by atoms with Crippen LogP contribution in [0, 0.1) is 5.41 Å². The van der Waals surface area contributed by atoms with Gasteiger partial charge in [0.05, 0.1) is 12.1 Å². The number of phenolic OH excluding ortho intramolecular Hbond substituents is 1. The van der Waals surface area contributed by atoms with Crippen molar-refractivity contribution >= 4 is 17.5 Å². The molecule has 1 saturated carbocycles. The SMILES string of the molecule is COc1cc(O)c(C(=O)N2CCC3(CCC3)C2)c(Cl)c1. The lowest BCUT2D eigenvalue weighted by Gasteiger charge is -2.38. The standard InChI is InChI=1S/C15H18ClNO3/c1-20-10-7-11(16)13(12(18)8-10)14(19)17-6-5-15(9-17)3-2-4-15/h7-8,18H,2-6,9H2,1H3. The van der Waals surface area contributed by atoms with E-state index in [0.29, 0.717) is 11.2 Å². The van der Waals surface area contributed by atoms with Crippen LogP contribution in [0.15, 0.2) is 12.1 Å². The summed E-state index contributed by atoms with van der Waals surface area (Å²) in [6.45, 7) is 1.54. The fraction of sp³-hybridized carbons (Fsp3) is 0.533. The molecule has 2 fully saturated rings. The Morgan fingerprint density at radius 2 is 2.15 bits per heavy atom. The van der Waals surface area contributed by atoms with Gasteiger partial charge in [-0.05, 0) is 30.7 Å². The number of hydrogen-bond donors (Lipinski definition) is 1. The van der Waals surface area contributed by atoms with Crippen LogP contribution in [0.3, 0.4) is 0 Å². The van der Waals surface area contributed by atoms with Crippen molar-refractivity contribution in [1.82, 2.24) is 4.90 Å². The Balaban J connectivity index is 1.84. The van der Waals surface area contributed by atoms with E-state index in [1.807, 2.05) is 4.90 Å². The van der Waals surface area contributed by atoms with E-state index in [2.05, 4.69) is 0 Å². The van der Waals surface area contributed by atoms with Crippen LogP contribution in [0.1, 0.15) is 36.0 Å². The minimum atomic E-state index is -0.182. The third-order valence-electron chi connectivity index (χ3n) is 4.63. The largest absolute Gasteiger partial charge is 0.507 e. The number of benzene rings is 1. The molecular formula is C15H18ClNO3. The van der Waals surface area contributed by atoms with Gasteiger partial charge in [0.25, 0.3) is 5.91 Å². The highest BCUT2D eigenvalue weighted by Crippen LogP contribution is 2.48. The maximum Gasteiger partial charge on any atom is 0.259 e. The first-order chi connectivity index (χ1) is 9.54. The number of halogens is 1. The van der Waals surface area contributed by atoms with Crippen molar-refractivity contribution in [1.29, 1.82) is 0 Å². The Hall–Kier alpha value is -1.42. The van der Waals surface area contributed by atoms with Crippen molar-refractivity contribution in [2.45, 2.75) is 25.7 Å². The number of hydrogen-bond acceptors (Lipinski definition) is 3. The summed E-state index contributed by atoms with van der Waals surface area (Å²) in [5.41, 5.74) is 0.522. The van der Waals surface area contributed by atoms with Crippen LogP contribution in [0.2, 0.25) is 5.02 Å². The summed E-state index contributed by atoms with van der Waals surface area (Å²) < 4.78 is 5.03. The molecule has 1 aliphatic carbocycles. The van der Waals surface area contributed by atoms with Crippen LogP contribution < -0.4 is 4.74 Å². The van der Waals surface area contributed by atoms with Crippen LogP contribution in [0.25, 0.3) is 0 Å². The van der Waals surface area contributed by atoms with Crippen molar-refractivity contribution in [3.05, 3.63) is 22.7 Å².